The molecule has 4 atom stereocenters. The van der Waals surface area contributed by atoms with E-state index in [0.29, 0.717) is 51.6 Å². The molecule has 12 heteroatoms. The van der Waals surface area contributed by atoms with Gasteiger partial charge in [-0.05, 0) is 64.0 Å². The number of aliphatic carboxylic acids is 1. The molecule has 192 valence electrons. The topological polar surface area (TPSA) is 203 Å². The lowest BCUT2D eigenvalue weighted by Crippen LogP contribution is -2.57. The van der Waals surface area contributed by atoms with Crippen LogP contribution >= 0.6 is 12.6 Å². The van der Waals surface area contributed by atoms with Gasteiger partial charge in [0.05, 0.1) is 6.04 Å². The fourth-order valence-corrected chi connectivity index (χ4v) is 3.29. The molecule has 0 aromatic rings. The second kappa shape index (κ2) is 17.6. The van der Waals surface area contributed by atoms with Gasteiger partial charge in [0.1, 0.15) is 18.1 Å². The van der Waals surface area contributed by atoms with Crippen molar-refractivity contribution in [1.29, 1.82) is 0 Å². The maximum absolute atomic E-state index is 13.0. The molecule has 0 radical (unpaired) electrons. The molecule has 0 aromatic heterocycles. The fraction of sp³-hybridized carbons (Fsp3) is 0.810. The number of thiol groups is 1. The molecule has 0 bridgehead atoms. The first-order valence-corrected chi connectivity index (χ1v) is 12.1. The van der Waals surface area contributed by atoms with Crippen LogP contribution in [-0.2, 0) is 19.2 Å². The molecule has 0 spiro atoms. The predicted molar refractivity (Wildman–Crippen MR) is 131 cm³/mol. The Morgan fingerprint density at radius 1 is 0.788 bits per heavy atom. The van der Waals surface area contributed by atoms with E-state index in [1.54, 1.807) is 0 Å². The Balaban J connectivity index is 5.39. The van der Waals surface area contributed by atoms with Crippen LogP contribution in [0.2, 0.25) is 0 Å². The van der Waals surface area contributed by atoms with Crippen molar-refractivity contribution in [3.05, 3.63) is 0 Å². The molecule has 0 aliphatic carbocycles. The van der Waals surface area contributed by atoms with Crippen molar-refractivity contribution in [3.8, 4) is 0 Å². The fourth-order valence-electron chi connectivity index (χ4n) is 3.12. The number of amides is 3. The molecule has 4 unspecified atom stereocenters. The highest BCUT2D eigenvalue weighted by atomic mass is 32.1. The van der Waals surface area contributed by atoms with E-state index in [9.17, 15) is 24.3 Å². The van der Waals surface area contributed by atoms with Gasteiger partial charge in [-0.3, -0.25) is 14.4 Å². The standard InChI is InChI=1S/C21H42N6O5S/c1-13(2)11-17(20(30)26-16(21(31)32)8-4-6-10-23)27-19(29)15(7-3-5-9-22)25-18(28)14(24)12-33/h13-17,33H,3-12,22-24H2,1-2H3,(H,25,28)(H,26,30)(H,27,29)(H,31,32). The smallest absolute Gasteiger partial charge is 0.326 e. The van der Waals surface area contributed by atoms with Crippen molar-refractivity contribution in [3.63, 3.8) is 0 Å². The van der Waals surface area contributed by atoms with E-state index < -0.39 is 47.9 Å². The summed E-state index contributed by atoms with van der Waals surface area (Å²) in [5, 5.41) is 17.3. The summed E-state index contributed by atoms with van der Waals surface area (Å²) >= 11 is 4.00. The van der Waals surface area contributed by atoms with E-state index in [1.807, 2.05) is 13.8 Å². The molecule has 3 amide bonds. The van der Waals surface area contributed by atoms with Crippen LogP contribution in [0.25, 0.3) is 0 Å². The summed E-state index contributed by atoms with van der Waals surface area (Å²) in [4.78, 5) is 49.6. The van der Waals surface area contributed by atoms with Crippen LogP contribution in [0, 0.1) is 5.92 Å². The lowest BCUT2D eigenvalue weighted by molar-refractivity contribution is -0.142. The molecule has 0 heterocycles. The summed E-state index contributed by atoms with van der Waals surface area (Å²) in [5.41, 5.74) is 16.7. The van der Waals surface area contributed by atoms with Gasteiger partial charge in [-0.25, -0.2) is 4.79 Å². The first-order valence-electron chi connectivity index (χ1n) is 11.5. The van der Waals surface area contributed by atoms with E-state index in [0.717, 1.165) is 0 Å². The van der Waals surface area contributed by atoms with Crippen LogP contribution in [-0.4, -0.2) is 71.8 Å². The van der Waals surface area contributed by atoms with Crippen molar-refractivity contribution in [1.82, 2.24) is 16.0 Å². The molecule has 33 heavy (non-hydrogen) atoms. The van der Waals surface area contributed by atoms with Gasteiger partial charge in [0.15, 0.2) is 0 Å². The Morgan fingerprint density at radius 2 is 1.24 bits per heavy atom. The number of carbonyl (C=O) groups excluding carboxylic acids is 3. The highest BCUT2D eigenvalue weighted by Crippen LogP contribution is 2.09. The van der Waals surface area contributed by atoms with Gasteiger partial charge in [-0.15, -0.1) is 0 Å². The van der Waals surface area contributed by atoms with Gasteiger partial charge in [0.2, 0.25) is 17.7 Å². The van der Waals surface area contributed by atoms with Gasteiger partial charge in [-0.2, -0.15) is 12.6 Å². The minimum atomic E-state index is -1.15. The number of hydrogen-bond donors (Lipinski definition) is 8. The molecule has 0 aliphatic rings. The second-order valence-electron chi connectivity index (χ2n) is 8.51. The summed E-state index contributed by atoms with van der Waals surface area (Å²) < 4.78 is 0. The number of unbranched alkanes of at least 4 members (excludes halogenated alkanes) is 2. The highest BCUT2D eigenvalue weighted by Gasteiger charge is 2.30. The van der Waals surface area contributed by atoms with Crippen LogP contribution in [0.15, 0.2) is 0 Å². The zero-order valence-corrected chi connectivity index (χ0v) is 20.6. The monoisotopic (exact) mass is 490 g/mol. The largest absolute Gasteiger partial charge is 0.480 e. The van der Waals surface area contributed by atoms with Crippen LogP contribution in [0.4, 0.5) is 0 Å². The summed E-state index contributed by atoms with van der Waals surface area (Å²) in [7, 11) is 0. The third kappa shape index (κ3) is 13.4. The lowest BCUT2D eigenvalue weighted by Gasteiger charge is -2.26. The molecular weight excluding hydrogens is 448 g/mol. The van der Waals surface area contributed by atoms with Crippen molar-refractivity contribution in [2.45, 2.75) is 83.0 Å². The maximum Gasteiger partial charge on any atom is 0.326 e. The van der Waals surface area contributed by atoms with Crippen molar-refractivity contribution in [2.24, 2.45) is 23.1 Å². The Morgan fingerprint density at radius 3 is 1.70 bits per heavy atom. The number of carbonyl (C=O) groups is 4. The summed E-state index contributed by atoms with van der Waals surface area (Å²) in [5.74, 6) is -2.64. The van der Waals surface area contributed by atoms with Crippen LogP contribution < -0.4 is 33.2 Å². The van der Waals surface area contributed by atoms with E-state index in [-0.39, 0.29) is 18.1 Å². The summed E-state index contributed by atoms with van der Waals surface area (Å²) in [6.45, 7) is 4.64. The third-order valence-corrected chi connectivity index (χ3v) is 5.41. The first-order chi connectivity index (χ1) is 15.6. The molecule has 10 N–H and O–H groups in total. The molecule has 11 nitrogen and oxygen atoms in total. The minimum Gasteiger partial charge on any atom is -0.480 e. The molecule has 0 fully saturated rings. The Bertz CT molecular complexity index is 622. The quantitative estimate of drug-likeness (QED) is 0.0890. The molecule has 0 saturated carbocycles. The van der Waals surface area contributed by atoms with E-state index in [1.165, 1.54) is 0 Å². The average Bonchev–Trinajstić information content (AvgIpc) is 2.76. The average molecular weight is 491 g/mol. The number of rotatable bonds is 18. The van der Waals surface area contributed by atoms with Crippen LogP contribution in [0.5, 0.6) is 0 Å². The minimum absolute atomic E-state index is 0.0458. The maximum atomic E-state index is 13.0. The predicted octanol–water partition coefficient (Wildman–Crippen LogP) is -0.913. The summed E-state index contributed by atoms with van der Waals surface area (Å²) in [6, 6.07) is -3.82. The van der Waals surface area contributed by atoms with Gasteiger partial charge in [-0.1, -0.05) is 13.8 Å². The SMILES string of the molecule is CC(C)CC(NC(=O)C(CCCCN)NC(=O)C(N)CS)C(=O)NC(CCCCN)C(=O)O. The zero-order valence-electron chi connectivity index (χ0n) is 19.7. The Labute approximate surface area is 201 Å². The highest BCUT2D eigenvalue weighted by molar-refractivity contribution is 7.80. The number of nitrogens with one attached hydrogen (secondary N) is 3. The lowest BCUT2D eigenvalue weighted by atomic mass is 10.0. The van der Waals surface area contributed by atoms with E-state index in [4.69, 9.17) is 17.2 Å². The molecular formula is C21H42N6O5S. The van der Waals surface area contributed by atoms with Crippen LogP contribution in [0.1, 0.15) is 58.8 Å². The number of hydrogen-bond acceptors (Lipinski definition) is 8. The van der Waals surface area contributed by atoms with Crippen molar-refractivity contribution < 1.29 is 24.3 Å². The number of carboxylic acids is 1. The number of nitrogens with two attached hydrogens (primary N) is 3. The van der Waals surface area contributed by atoms with Crippen LogP contribution in [0.3, 0.4) is 0 Å². The van der Waals surface area contributed by atoms with Gasteiger partial charge >= 0.3 is 5.97 Å². The second-order valence-corrected chi connectivity index (χ2v) is 8.87. The third-order valence-electron chi connectivity index (χ3n) is 5.01. The zero-order chi connectivity index (χ0) is 25.4. The van der Waals surface area contributed by atoms with E-state index >= 15 is 0 Å². The van der Waals surface area contributed by atoms with Crippen molar-refractivity contribution in [2.75, 3.05) is 18.8 Å². The number of carboxylic acid groups (broad SMARTS) is 1. The van der Waals surface area contributed by atoms with Gasteiger partial charge in [0.25, 0.3) is 0 Å². The molecule has 0 aromatic carbocycles. The first kappa shape index (κ1) is 31.1. The van der Waals surface area contributed by atoms with E-state index in [2.05, 4.69) is 28.6 Å². The Kier molecular flexibility index (Phi) is 16.6. The normalized spacial score (nSPS) is 14.8. The molecule has 0 rings (SSSR count). The van der Waals surface area contributed by atoms with Crippen molar-refractivity contribution >= 4 is 36.3 Å². The molecule has 0 aliphatic heterocycles. The molecule has 0 saturated heterocycles. The van der Waals surface area contributed by atoms with Gasteiger partial charge in [0, 0.05) is 5.75 Å². The van der Waals surface area contributed by atoms with Gasteiger partial charge < -0.3 is 38.3 Å². The Hall–Kier alpha value is -1.89. The summed E-state index contributed by atoms with van der Waals surface area (Å²) in [6.07, 6.45) is 3.30.